The number of carbonyl (C=O) groups is 2. The Hall–Kier alpha value is -3.13. The highest BCUT2D eigenvalue weighted by atomic mass is 16.5. The second-order valence-electron chi connectivity index (χ2n) is 9.22. The molecule has 0 spiro atoms. The third-order valence-electron chi connectivity index (χ3n) is 6.56. The first-order valence-corrected chi connectivity index (χ1v) is 12.4. The minimum absolute atomic E-state index is 0.0251. The standard InChI is InChI=1S/C27H38N4O4/c1-29-26(28)30-24(32)13-15-27(20-31-16-7-6-11-25(31)33)14-12-22(21-9-4-3-5-10-21)23(19-27)35-18-8-17-34-2/h3-5,9-10,12,14H,6-8,11,13,15-20H2,1-2H3,(H3,28,29,30,32). The Labute approximate surface area is 208 Å². The smallest absolute Gasteiger partial charge is 0.226 e. The van der Waals surface area contributed by atoms with Gasteiger partial charge in [0, 0.05) is 70.5 Å². The van der Waals surface area contributed by atoms with Gasteiger partial charge in [-0.05, 0) is 24.8 Å². The van der Waals surface area contributed by atoms with Crippen LogP contribution in [0.3, 0.4) is 0 Å². The molecule has 35 heavy (non-hydrogen) atoms. The van der Waals surface area contributed by atoms with Crippen molar-refractivity contribution >= 4 is 23.3 Å². The Balaban J connectivity index is 1.86. The lowest BCUT2D eigenvalue weighted by Crippen LogP contribution is -2.45. The van der Waals surface area contributed by atoms with Crippen LogP contribution in [-0.4, -0.2) is 63.1 Å². The van der Waals surface area contributed by atoms with Crippen LogP contribution in [0.15, 0.2) is 48.2 Å². The van der Waals surface area contributed by atoms with Gasteiger partial charge in [-0.1, -0.05) is 42.5 Å². The number of likely N-dealkylation sites (tertiary alicyclic amines) is 1. The summed E-state index contributed by atoms with van der Waals surface area (Å²) in [5.74, 6) is 0.804. The van der Waals surface area contributed by atoms with Crippen molar-refractivity contribution in [2.24, 2.45) is 5.41 Å². The fourth-order valence-electron chi connectivity index (χ4n) is 4.62. The average Bonchev–Trinajstić information content (AvgIpc) is 2.87. The van der Waals surface area contributed by atoms with Gasteiger partial charge in [-0.15, -0.1) is 0 Å². The lowest BCUT2D eigenvalue weighted by atomic mass is 9.74. The van der Waals surface area contributed by atoms with Crippen molar-refractivity contribution in [3.63, 3.8) is 0 Å². The molecule has 8 nitrogen and oxygen atoms in total. The minimum atomic E-state index is -0.430. The molecule has 1 saturated heterocycles. The van der Waals surface area contributed by atoms with Crippen molar-refractivity contribution in [2.75, 3.05) is 40.5 Å². The summed E-state index contributed by atoms with van der Waals surface area (Å²) in [5, 5.41) is 12.9. The molecule has 1 unspecified atom stereocenters. The van der Waals surface area contributed by atoms with Crippen LogP contribution in [0.2, 0.25) is 0 Å². The highest BCUT2D eigenvalue weighted by molar-refractivity contribution is 5.95. The van der Waals surface area contributed by atoms with Gasteiger partial charge in [0.1, 0.15) is 5.76 Å². The second kappa shape index (κ2) is 13.1. The molecule has 0 bridgehead atoms. The number of nitrogens with one attached hydrogen (secondary N) is 3. The lowest BCUT2D eigenvalue weighted by Gasteiger charge is -2.40. The van der Waals surface area contributed by atoms with Crippen LogP contribution in [0.5, 0.6) is 0 Å². The first-order chi connectivity index (χ1) is 17.0. The van der Waals surface area contributed by atoms with Crippen molar-refractivity contribution in [2.45, 2.75) is 44.9 Å². The first kappa shape index (κ1) is 26.5. The van der Waals surface area contributed by atoms with E-state index in [4.69, 9.17) is 14.9 Å². The van der Waals surface area contributed by atoms with Crippen LogP contribution < -0.4 is 10.6 Å². The summed E-state index contributed by atoms with van der Waals surface area (Å²) in [6.07, 6.45) is 8.92. The zero-order chi connectivity index (χ0) is 25.1. The van der Waals surface area contributed by atoms with Crippen LogP contribution in [0, 0.1) is 10.8 Å². The number of ether oxygens (including phenoxy) is 2. The highest BCUT2D eigenvalue weighted by Gasteiger charge is 2.37. The van der Waals surface area contributed by atoms with Gasteiger partial charge < -0.3 is 19.7 Å². The molecule has 2 aliphatic rings. The summed E-state index contributed by atoms with van der Waals surface area (Å²) in [4.78, 5) is 27.1. The fraction of sp³-hybridized carbons (Fsp3) is 0.519. The van der Waals surface area contributed by atoms with Gasteiger partial charge in [0.25, 0.3) is 0 Å². The van der Waals surface area contributed by atoms with Crippen molar-refractivity contribution in [1.82, 2.24) is 15.5 Å². The van der Waals surface area contributed by atoms with Crippen molar-refractivity contribution < 1.29 is 19.1 Å². The van der Waals surface area contributed by atoms with E-state index < -0.39 is 5.41 Å². The maximum atomic E-state index is 12.7. The summed E-state index contributed by atoms with van der Waals surface area (Å²) in [7, 11) is 3.27. The third-order valence-corrected chi connectivity index (χ3v) is 6.56. The average molecular weight is 483 g/mol. The molecule has 3 rings (SSSR count). The van der Waals surface area contributed by atoms with E-state index in [0.29, 0.717) is 39.0 Å². The minimum Gasteiger partial charge on any atom is -0.497 e. The van der Waals surface area contributed by atoms with Gasteiger partial charge in [0.2, 0.25) is 11.8 Å². The number of allylic oxidation sites excluding steroid dienone is 3. The number of benzene rings is 1. The largest absolute Gasteiger partial charge is 0.497 e. The van der Waals surface area contributed by atoms with Crippen molar-refractivity contribution in [3.05, 3.63) is 53.8 Å². The molecule has 0 aromatic heterocycles. The van der Waals surface area contributed by atoms with Crippen LogP contribution in [-0.2, 0) is 19.1 Å². The molecule has 2 amide bonds. The van der Waals surface area contributed by atoms with Gasteiger partial charge in [0.05, 0.1) is 6.61 Å². The Morgan fingerprint density at radius 3 is 2.71 bits per heavy atom. The fourth-order valence-corrected chi connectivity index (χ4v) is 4.62. The number of nitrogens with zero attached hydrogens (tertiary/aromatic N) is 1. The van der Waals surface area contributed by atoms with Gasteiger partial charge in [0.15, 0.2) is 5.96 Å². The number of hydrogen-bond donors (Lipinski definition) is 3. The van der Waals surface area contributed by atoms with Crippen LogP contribution in [0.4, 0.5) is 0 Å². The molecular weight excluding hydrogens is 444 g/mol. The summed E-state index contributed by atoms with van der Waals surface area (Å²) < 4.78 is 11.5. The summed E-state index contributed by atoms with van der Waals surface area (Å²) in [6.45, 7) is 2.44. The molecule has 1 heterocycles. The second-order valence-corrected chi connectivity index (χ2v) is 9.22. The van der Waals surface area contributed by atoms with Gasteiger partial charge in [-0.2, -0.15) is 0 Å². The predicted molar refractivity (Wildman–Crippen MR) is 137 cm³/mol. The summed E-state index contributed by atoms with van der Waals surface area (Å²) in [6, 6.07) is 10.1. The van der Waals surface area contributed by atoms with Gasteiger partial charge >= 0.3 is 0 Å². The quantitative estimate of drug-likeness (QED) is 0.255. The van der Waals surface area contributed by atoms with Crippen molar-refractivity contribution in [3.8, 4) is 0 Å². The molecule has 0 saturated carbocycles. The molecule has 1 aromatic rings. The molecule has 3 N–H and O–H groups in total. The van der Waals surface area contributed by atoms with Gasteiger partial charge in [-0.3, -0.25) is 20.3 Å². The number of piperidine rings is 1. The predicted octanol–water partition coefficient (Wildman–Crippen LogP) is 3.46. The molecule has 190 valence electrons. The van der Waals surface area contributed by atoms with E-state index in [1.54, 1.807) is 14.2 Å². The van der Waals surface area contributed by atoms with Crippen LogP contribution in [0.25, 0.3) is 5.57 Å². The highest BCUT2D eigenvalue weighted by Crippen LogP contribution is 2.42. The van der Waals surface area contributed by atoms with E-state index in [0.717, 1.165) is 42.7 Å². The topological polar surface area (TPSA) is 104 Å². The van der Waals surface area contributed by atoms with Gasteiger partial charge in [-0.25, -0.2) is 0 Å². The Bertz CT molecular complexity index is 944. The van der Waals surface area contributed by atoms with E-state index in [2.05, 4.69) is 34.9 Å². The Morgan fingerprint density at radius 2 is 2.00 bits per heavy atom. The number of hydrogen-bond acceptors (Lipinski definition) is 5. The maximum Gasteiger partial charge on any atom is 0.226 e. The normalized spacial score (nSPS) is 20.1. The monoisotopic (exact) mass is 482 g/mol. The van der Waals surface area contributed by atoms with E-state index >= 15 is 0 Å². The van der Waals surface area contributed by atoms with E-state index in [1.165, 1.54) is 0 Å². The molecule has 1 aromatic carbocycles. The molecular formula is C27H38N4O4. The molecule has 1 fully saturated rings. The molecule has 1 aliphatic heterocycles. The molecule has 8 heteroatoms. The molecule has 0 radical (unpaired) electrons. The SMILES string of the molecule is CNC(=N)NC(=O)CCC1(CN2CCCCC2=O)C=CC(c2ccccc2)=C(OCCCOC)C1. The summed E-state index contributed by atoms with van der Waals surface area (Å²) >= 11 is 0. The number of amides is 2. The first-order valence-electron chi connectivity index (χ1n) is 12.4. The molecule has 1 atom stereocenters. The number of rotatable bonds is 11. The zero-order valence-corrected chi connectivity index (χ0v) is 20.9. The van der Waals surface area contributed by atoms with Crippen molar-refractivity contribution in [1.29, 1.82) is 5.41 Å². The lowest BCUT2D eigenvalue weighted by molar-refractivity contribution is -0.134. The Kier molecular flexibility index (Phi) is 9.90. The number of methoxy groups -OCH3 is 1. The summed E-state index contributed by atoms with van der Waals surface area (Å²) in [5.41, 5.74) is 1.68. The van der Waals surface area contributed by atoms with E-state index in [-0.39, 0.29) is 24.2 Å². The molecule has 1 aliphatic carbocycles. The number of carbonyl (C=O) groups excluding carboxylic acids is 2. The zero-order valence-electron chi connectivity index (χ0n) is 20.9. The van der Waals surface area contributed by atoms with E-state index in [9.17, 15) is 9.59 Å². The number of guanidine groups is 1. The van der Waals surface area contributed by atoms with Crippen LogP contribution in [0.1, 0.15) is 50.5 Å². The third kappa shape index (κ3) is 7.68. The van der Waals surface area contributed by atoms with Crippen LogP contribution >= 0.6 is 0 Å². The van der Waals surface area contributed by atoms with E-state index in [1.807, 2.05) is 23.1 Å². The maximum absolute atomic E-state index is 12.7. The Morgan fingerprint density at radius 1 is 1.20 bits per heavy atom.